The van der Waals surface area contributed by atoms with E-state index >= 15 is 0 Å². The maximum Gasteiger partial charge on any atom is 0.573 e. The molecule has 4 amide bonds. The molecule has 1 aliphatic heterocycles. The largest absolute Gasteiger partial charge is 0.573 e. The van der Waals surface area contributed by atoms with Crippen molar-refractivity contribution in [2.75, 3.05) is 30.7 Å². The number of carbonyl (C=O) groups excluding carboxylic acids is 3. The maximum absolute atomic E-state index is 12.5. The normalized spacial score (nSPS) is 15.6. The van der Waals surface area contributed by atoms with Crippen LogP contribution < -0.4 is 31.7 Å². The number of urea groups is 1. The van der Waals surface area contributed by atoms with Crippen LogP contribution in [0.15, 0.2) is 36.4 Å². The smallest absolute Gasteiger partial charge is 0.406 e. The van der Waals surface area contributed by atoms with Gasteiger partial charge in [0.15, 0.2) is 0 Å². The molecule has 10 nitrogen and oxygen atoms in total. The van der Waals surface area contributed by atoms with E-state index in [0.717, 1.165) is 41.6 Å². The van der Waals surface area contributed by atoms with Crippen molar-refractivity contribution in [3.63, 3.8) is 0 Å². The molecule has 2 aromatic rings. The second kappa shape index (κ2) is 12.7. The fraction of sp³-hybridized carbons (Fsp3) is 0.423. The molecule has 0 saturated carbocycles. The fourth-order valence-electron chi connectivity index (χ4n) is 4.14. The summed E-state index contributed by atoms with van der Waals surface area (Å²) in [5.74, 6) is -1.82. The lowest BCUT2D eigenvalue weighted by Gasteiger charge is -2.18. The summed E-state index contributed by atoms with van der Waals surface area (Å²) in [4.78, 5) is 39.1. The van der Waals surface area contributed by atoms with E-state index < -0.39 is 23.9 Å². The van der Waals surface area contributed by atoms with Gasteiger partial charge in [-0.1, -0.05) is 12.1 Å². The molecule has 0 spiro atoms. The fourth-order valence-corrected chi connectivity index (χ4v) is 4.14. The third kappa shape index (κ3) is 9.36. The van der Waals surface area contributed by atoms with Gasteiger partial charge in [-0.15, -0.1) is 13.2 Å². The highest BCUT2D eigenvalue weighted by Crippen LogP contribution is 2.26. The van der Waals surface area contributed by atoms with Crippen molar-refractivity contribution < 1.29 is 32.3 Å². The van der Waals surface area contributed by atoms with Gasteiger partial charge in [0.2, 0.25) is 5.91 Å². The van der Waals surface area contributed by atoms with E-state index in [0.29, 0.717) is 19.5 Å². The lowest BCUT2D eigenvalue weighted by atomic mass is 10.1. The van der Waals surface area contributed by atoms with Crippen molar-refractivity contribution >= 4 is 29.2 Å². The highest BCUT2D eigenvalue weighted by molar-refractivity contribution is 6.01. The number of nitrogens with zero attached hydrogens (tertiary/aromatic N) is 1. The Balaban J connectivity index is 1.48. The summed E-state index contributed by atoms with van der Waals surface area (Å²) >= 11 is 0. The number of likely N-dealkylation sites (tertiary alicyclic amines) is 1. The zero-order valence-corrected chi connectivity index (χ0v) is 21.9. The Kier molecular flexibility index (Phi) is 9.62. The average Bonchev–Trinajstić information content (AvgIpc) is 3.26. The predicted octanol–water partition coefficient (Wildman–Crippen LogP) is 3.13. The van der Waals surface area contributed by atoms with E-state index in [1.165, 1.54) is 0 Å². The summed E-state index contributed by atoms with van der Waals surface area (Å²) in [5.41, 5.74) is 8.09. The molecule has 1 fully saturated rings. The molecule has 1 aliphatic rings. The third-order valence-corrected chi connectivity index (χ3v) is 5.93. The Labute approximate surface area is 224 Å². The third-order valence-electron chi connectivity index (χ3n) is 5.93. The molecule has 39 heavy (non-hydrogen) atoms. The first-order valence-electron chi connectivity index (χ1n) is 12.4. The number of aryl methyl sites for hydroxylation is 1. The highest BCUT2D eigenvalue weighted by atomic mass is 19.4. The molecule has 1 atom stereocenters. The van der Waals surface area contributed by atoms with Crippen molar-refractivity contribution in [3.05, 3.63) is 53.1 Å². The zero-order valence-electron chi connectivity index (χ0n) is 21.9. The minimum absolute atomic E-state index is 0.0146. The molecular weight excluding hydrogens is 517 g/mol. The summed E-state index contributed by atoms with van der Waals surface area (Å²) < 4.78 is 41.2. The molecule has 6 N–H and O–H groups in total. The SMILES string of the molecule is Cc1ccc(CN2CC[C@@H](NC(=O)CNC(=O)c3cc(OC(F)(F)F)ccc3N)C2)cc1NC(=O)NC(C)C. The van der Waals surface area contributed by atoms with Gasteiger partial charge in [0.25, 0.3) is 5.91 Å². The van der Waals surface area contributed by atoms with E-state index in [2.05, 4.69) is 30.9 Å². The first-order valence-corrected chi connectivity index (χ1v) is 12.4. The quantitative estimate of drug-likeness (QED) is 0.304. The number of nitrogens with two attached hydrogens (primary N) is 1. The van der Waals surface area contributed by atoms with Crippen LogP contribution in [0.25, 0.3) is 0 Å². The van der Waals surface area contributed by atoms with Crippen LogP contribution in [-0.2, 0) is 11.3 Å². The van der Waals surface area contributed by atoms with Gasteiger partial charge in [0.05, 0.1) is 12.1 Å². The minimum atomic E-state index is -4.92. The van der Waals surface area contributed by atoms with Crippen LogP contribution in [0.3, 0.4) is 0 Å². The molecule has 0 aromatic heterocycles. The van der Waals surface area contributed by atoms with Gasteiger partial charge in [-0.3, -0.25) is 14.5 Å². The number of ether oxygens (including phenoxy) is 1. The number of amides is 4. The summed E-state index contributed by atoms with van der Waals surface area (Å²) in [6, 6.07) is 8.45. The molecule has 0 unspecified atom stereocenters. The number of alkyl halides is 3. The number of nitrogens with one attached hydrogen (secondary N) is 4. The number of benzene rings is 2. The summed E-state index contributed by atoms with van der Waals surface area (Å²) in [6.45, 7) is 7.26. The van der Waals surface area contributed by atoms with Gasteiger partial charge >= 0.3 is 12.4 Å². The molecule has 0 radical (unpaired) electrons. The van der Waals surface area contributed by atoms with Crippen LogP contribution in [0.5, 0.6) is 5.75 Å². The first-order chi connectivity index (χ1) is 18.3. The van der Waals surface area contributed by atoms with E-state index in [9.17, 15) is 27.6 Å². The molecular formula is C26H33F3N6O4. The number of rotatable bonds is 9. The van der Waals surface area contributed by atoms with Crippen LogP contribution in [0.4, 0.5) is 29.3 Å². The lowest BCUT2D eigenvalue weighted by molar-refractivity contribution is -0.274. The van der Waals surface area contributed by atoms with Crippen molar-refractivity contribution in [3.8, 4) is 5.75 Å². The average molecular weight is 551 g/mol. The maximum atomic E-state index is 12.5. The molecule has 2 aromatic carbocycles. The first kappa shape index (κ1) is 29.6. The van der Waals surface area contributed by atoms with Gasteiger partial charge in [0, 0.05) is 43.1 Å². The van der Waals surface area contributed by atoms with E-state index in [-0.39, 0.29) is 35.9 Å². The Hall–Kier alpha value is -4.00. The second-order valence-electron chi connectivity index (χ2n) is 9.67. The van der Waals surface area contributed by atoms with Crippen LogP contribution in [0.2, 0.25) is 0 Å². The molecule has 3 rings (SSSR count). The van der Waals surface area contributed by atoms with Gasteiger partial charge in [-0.2, -0.15) is 0 Å². The van der Waals surface area contributed by atoms with Gasteiger partial charge in [-0.05, 0) is 62.6 Å². The van der Waals surface area contributed by atoms with Gasteiger partial charge < -0.3 is 31.7 Å². The summed E-state index contributed by atoms with van der Waals surface area (Å²) in [5, 5.41) is 10.9. The number of halogens is 3. The predicted molar refractivity (Wildman–Crippen MR) is 140 cm³/mol. The number of hydrogen-bond acceptors (Lipinski definition) is 6. The monoisotopic (exact) mass is 550 g/mol. The van der Waals surface area contributed by atoms with Crippen molar-refractivity contribution in [1.82, 2.24) is 20.9 Å². The number of anilines is 2. The number of hydrogen-bond donors (Lipinski definition) is 5. The second-order valence-corrected chi connectivity index (χ2v) is 9.67. The Bertz CT molecular complexity index is 1200. The van der Waals surface area contributed by atoms with Crippen LogP contribution in [0, 0.1) is 6.92 Å². The standard InChI is InChI=1S/C26H33F3N6O4/c1-15(2)32-25(38)34-22-10-17(5-4-16(22)3)13-35-9-8-18(14-35)33-23(36)12-31-24(37)20-11-19(6-7-21(20)30)39-26(27,28)29/h4-7,10-11,15,18H,8-9,12-14,30H2,1-3H3,(H,31,37)(H,33,36)(H2,32,34,38)/t18-/m1/s1. The molecule has 212 valence electrons. The Morgan fingerprint density at radius 3 is 2.59 bits per heavy atom. The Morgan fingerprint density at radius 2 is 1.90 bits per heavy atom. The van der Waals surface area contributed by atoms with Gasteiger partial charge in [-0.25, -0.2) is 4.79 Å². The molecule has 0 aliphatic carbocycles. The van der Waals surface area contributed by atoms with Crippen molar-refractivity contribution in [2.45, 2.75) is 52.2 Å². The number of nitrogen functional groups attached to an aromatic ring is 1. The van der Waals surface area contributed by atoms with E-state index in [1.807, 2.05) is 39.0 Å². The van der Waals surface area contributed by atoms with Crippen molar-refractivity contribution in [2.24, 2.45) is 0 Å². The number of carbonyl (C=O) groups is 3. The molecule has 1 heterocycles. The van der Waals surface area contributed by atoms with Crippen LogP contribution >= 0.6 is 0 Å². The molecule has 0 bridgehead atoms. The minimum Gasteiger partial charge on any atom is -0.406 e. The lowest BCUT2D eigenvalue weighted by Crippen LogP contribution is -2.43. The van der Waals surface area contributed by atoms with Gasteiger partial charge in [0.1, 0.15) is 5.75 Å². The molecule has 13 heteroatoms. The topological polar surface area (TPSA) is 138 Å². The van der Waals surface area contributed by atoms with Crippen LogP contribution in [0.1, 0.15) is 41.8 Å². The summed E-state index contributed by atoms with van der Waals surface area (Å²) in [6.07, 6.45) is -4.21. The zero-order chi connectivity index (χ0) is 28.7. The Morgan fingerprint density at radius 1 is 1.15 bits per heavy atom. The van der Waals surface area contributed by atoms with Crippen LogP contribution in [-0.4, -0.2) is 60.8 Å². The van der Waals surface area contributed by atoms with E-state index in [1.54, 1.807) is 0 Å². The summed E-state index contributed by atoms with van der Waals surface area (Å²) in [7, 11) is 0. The highest BCUT2D eigenvalue weighted by Gasteiger charge is 2.31. The van der Waals surface area contributed by atoms with Crippen molar-refractivity contribution in [1.29, 1.82) is 0 Å². The van der Waals surface area contributed by atoms with E-state index in [4.69, 9.17) is 5.73 Å². The molecule has 1 saturated heterocycles.